The van der Waals surface area contributed by atoms with E-state index in [-0.39, 0.29) is 18.0 Å². The number of nitrogens with one attached hydrogen (secondary N) is 2. The summed E-state index contributed by atoms with van der Waals surface area (Å²) in [7, 11) is 0. The third-order valence-electron chi connectivity index (χ3n) is 3.52. The van der Waals surface area contributed by atoms with Gasteiger partial charge in [0, 0.05) is 29.9 Å². The second kappa shape index (κ2) is 7.95. The van der Waals surface area contributed by atoms with E-state index < -0.39 is 0 Å². The van der Waals surface area contributed by atoms with Crippen molar-refractivity contribution in [2.45, 2.75) is 32.4 Å². The molecule has 21 heavy (non-hydrogen) atoms. The van der Waals surface area contributed by atoms with Crippen molar-refractivity contribution in [3.8, 4) is 0 Å². The van der Waals surface area contributed by atoms with Crippen LogP contribution in [-0.4, -0.2) is 34.8 Å². The van der Waals surface area contributed by atoms with Crippen molar-refractivity contribution >= 4 is 17.2 Å². The number of rotatable bonds is 8. The largest absolute Gasteiger partial charge is 0.355 e. The lowest BCUT2D eigenvalue weighted by Gasteiger charge is -2.21. The Hall–Kier alpha value is -1.66. The number of nitrogens with zero attached hydrogens (tertiary/aromatic N) is 2. The molecule has 0 aliphatic heterocycles. The zero-order chi connectivity index (χ0) is 15.1. The predicted octanol–water partition coefficient (Wildman–Crippen LogP) is 1.84. The Labute approximate surface area is 129 Å². The van der Waals surface area contributed by atoms with E-state index in [2.05, 4.69) is 41.0 Å². The average Bonchev–Trinajstić information content (AvgIpc) is 3.16. The molecule has 0 aliphatic rings. The standard InChI is InChI=1S/C15H22N4OS/c1-12(13(2)19-9-4-7-18-19)17-11-15(20)16-8-6-14-5-3-10-21-14/h3-5,7,9-10,12-13,17H,6,8,11H2,1-2H3,(H,16,20)/t12-,13+/m0/s1. The molecule has 2 aromatic heterocycles. The van der Waals surface area contributed by atoms with Crippen molar-refractivity contribution in [2.24, 2.45) is 0 Å². The molecule has 0 aliphatic carbocycles. The molecule has 1 amide bonds. The first-order valence-corrected chi connectivity index (χ1v) is 8.06. The summed E-state index contributed by atoms with van der Waals surface area (Å²) in [6.45, 7) is 5.16. The van der Waals surface area contributed by atoms with E-state index in [0.29, 0.717) is 13.1 Å². The molecule has 6 heteroatoms. The van der Waals surface area contributed by atoms with Crippen LogP contribution in [0.1, 0.15) is 24.8 Å². The van der Waals surface area contributed by atoms with Crippen molar-refractivity contribution in [2.75, 3.05) is 13.1 Å². The Morgan fingerprint density at radius 2 is 2.29 bits per heavy atom. The van der Waals surface area contributed by atoms with Crippen LogP contribution in [0.15, 0.2) is 36.0 Å². The number of carbonyl (C=O) groups excluding carboxylic acids is 1. The Balaban J connectivity index is 1.64. The molecule has 0 saturated carbocycles. The summed E-state index contributed by atoms with van der Waals surface area (Å²) in [5.41, 5.74) is 0. The van der Waals surface area contributed by atoms with Crippen molar-refractivity contribution in [3.05, 3.63) is 40.8 Å². The summed E-state index contributed by atoms with van der Waals surface area (Å²) in [5, 5.41) is 12.4. The van der Waals surface area contributed by atoms with E-state index in [1.165, 1.54) is 4.88 Å². The smallest absolute Gasteiger partial charge is 0.233 e. The molecule has 5 nitrogen and oxygen atoms in total. The minimum atomic E-state index is 0.0334. The van der Waals surface area contributed by atoms with Gasteiger partial charge in [-0.05, 0) is 37.8 Å². The molecular weight excluding hydrogens is 284 g/mol. The SMILES string of the molecule is C[C@H](NCC(=O)NCCc1cccs1)[C@@H](C)n1cccn1. The van der Waals surface area contributed by atoms with E-state index >= 15 is 0 Å². The molecule has 2 rings (SSSR count). The van der Waals surface area contributed by atoms with Gasteiger partial charge in [-0.1, -0.05) is 6.07 Å². The molecule has 2 heterocycles. The highest BCUT2D eigenvalue weighted by Crippen LogP contribution is 2.09. The van der Waals surface area contributed by atoms with Crippen LogP contribution in [0, 0.1) is 0 Å². The molecule has 0 spiro atoms. The van der Waals surface area contributed by atoms with Gasteiger partial charge in [-0.15, -0.1) is 11.3 Å². The number of hydrogen-bond donors (Lipinski definition) is 2. The Morgan fingerprint density at radius 1 is 1.43 bits per heavy atom. The van der Waals surface area contributed by atoms with Crippen LogP contribution in [0.3, 0.4) is 0 Å². The maximum Gasteiger partial charge on any atom is 0.233 e. The highest BCUT2D eigenvalue weighted by Gasteiger charge is 2.14. The zero-order valence-electron chi connectivity index (χ0n) is 12.5. The molecule has 114 valence electrons. The van der Waals surface area contributed by atoms with E-state index in [9.17, 15) is 4.79 Å². The highest BCUT2D eigenvalue weighted by molar-refractivity contribution is 7.09. The van der Waals surface area contributed by atoms with E-state index in [1.54, 1.807) is 17.5 Å². The Morgan fingerprint density at radius 3 is 2.95 bits per heavy atom. The van der Waals surface area contributed by atoms with Gasteiger partial charge < -0.3 is 10.6 Å². The molecule has 0 fully saturated rings. The molecule has 2 atom stereocenters. The number of hydrogen-bond acceptors (Lipinski definition) is 4. The quantitative estimate of drug-likeness (QED) is 0.782. The van der Waals surface area contributed by atoms with Gasteiger partial charge in [0.25, 0.3) is 0 Å². The van der Waals surface area contributed by atoms with Crippen molar-refractivity contribution in [1.29, 1.82) is 0 Å². The average molecular weight is 306 g/mol. The Bertz CT molecular complexity index is 524. The van der Waals surface area contributed by atoms with E-state index in [0.717, 1.165) is 6.42 Å². The fourth-order valence-corrected chi connectivity index (χ4v) is 2.73. The van der Waals surface area contributed by atoms with Gasteiger partial charge in [0.05, 0.1) is 12.6 Å². The first-order valence-electron chi connectivity index (χ1n) is 7.18. The van der Waals surface area contributed by atoms with Crippen molar-refractivity contribution in [3.63, 3.8) is 0 Å². The predicted molar refractivity (Wildman–Crippen MR) is 85.4 cm³/mol. The lowest BCUT2D eigenvalue weighted by Crippen LogP contribution is -2.41. The lowest BCUT2D eigenvalue weighted by atomic mass is 10.2. The molecule has 0 saturated heterocycles. The second-order valence-electron chi connectivity index (χ2n) is 5.08. The number of amides is 1. The summed E-state index contributed by atoms with van der Waals surface area (Å²) < 4.78 is 1.90. The van der Waals surface area contributed by atoms with Crippen molar-refractivity contribution < 1.29 is 4.79 Å². The van der Waals surface area contributed by atoms with Crippen LogP contribution in [0.2, 0.25) is 0 Å². The van der Waals surface area contributed by atoms with Gasteiger partial charge in [0.2, 0.25) is 5.91 Å². The maximum atomic E-state index is 11.8. The molecule has 0 aromatic carbocycles. The van der Waals surface area contributed by atoms with Crippen LogP contribution in [0.5, 0.6) is 0 Å². The summed E-state index contributed by atoms with van der Waals surface area (Å²) in [4.78, 5) is 13.1. The highest BCUT2D eigenvalue weighted by atomic mass is 32.1. The number of carbonyl (C=O) groups is 1. The second-order valence-corrected chi connectivity index (χ2v) is 6.11. The van der Waals surface area contributed by atoms with Gasteiger partial charge in [-0.3, -0.25) is 9.48 Å². The summed E-state index contributed by atoms with van der Waals surface area (Å²) in [5.74, 6) is 0.0334. The molecule has 2 aromatic rings. The molecule has 0 radical (unpaired) electrons. The van der Waals surface area contributed by atoms with E-state index in [1.807, 2.05) is 23.0 Å². The van der Waals surface area contributed by atoms with Gasteiger partial charge in [0.1, 0.15) is 0 Å². The topological polar surface area (TPSA) is 59.0 Å². The third-order valence-corrected chi connectivity index (χ3v) is 4.46. The molecule has 0 unspecified atom stereocenters. The Kier molecular flexibility index (Phi) is 5.95. The van der Waals surface area contributed by atoms with Crippen LogP contribution in [0.4, 0.5) is 0 Å². The van der Waals surface area contributed by atoms with Gasteiger partial charge in [-0.25, -0.2) is 0 Å². The first-order chi connectivity index (χ1) is 10.2. The fourth-order valence-electron chi connectivity index (χ4n) is 2.02. The van der Waals surface area contributed by atoms with Gasteiger partial charge in [0.15, 0.2) is 0 Å². The number of aromatic nitrogens is 2. The van der Waals surface area contributed by atoms with Crippen LogP contribution >= 0.6 is 11.3 Å². The summed E-state index contributed by atoms with van der Waals surface area (Å²) >= 11 is 1.72. The molecule has 2 N–H and O–H groups in total. The summed E-state index contributed by atoms with van der Waals surface area (Å²) in [6, 6.07) is 6.40. The van der Waals surface area contributed by atoms with Gasteiger partial charge in [-0.2, -0.15) is 5.10 Å². The lowest BCUT2D eigenvalue weighted by molar-refractivity contribution is -0.120. The van der Waals surface area contributed by atoms with E-state index in [4.69, 9.17) is 0 Å². The zero-order valence-corrected chi connectivity index (χ0v) is 13.3. The minimum absolute atomic E-state index is 0.0334. The minimum Gasteiger partial charge on any atom is -0.355 e. The monoisotopic (exact) mass is 306 g/mol. The maximum absolute atomic E-state index is 11.8. The van der Waals surface area contributed by atoms with Gasteiger partial charge >= 0.3 is 0 Å². The number of thiophene rings is 1. The van der Waals surface area contributed by atoms with Crippen molar-refractivity contribution in [1.82, 2.24) is 20.4 Å². The van der Waals surface area contributed by atoms with Crippen LogP contribution in [-0.2, 0) is 11.2 Å². The van der Waals surface area contributed by atoms with Crippen LogP contribution < -0.4 is 10.6 Å². The van der Waals surface area contributed by atoms with Crippen LogP contribution in [0.25, 0.3) is 0 Å². The third kappa shape index (κ3) is 4.99. The first kappa shape index (κ1) is 15.7. The summed E-state index contributed by atoms with van der Waals surface area (Å²) in [6.07, 6.45) is 4.59. The fraction of sp³-hybridized carbons (Fsp3) is 0.467. The molecule has 0 bridgehead atoms. The normalized spacial score (nSPS) is 13.8. The molecular formula is C15H22N4OS.